The molecule has 0 atom stereocenters. The number of fused-ring (bicyclic) bond motifs is 8. The molecule has 2 aliphatic heterocycles. The second kappa shape index (κ2) is 22.3. The third-order valence-corrected chi connectivity index (χ3v) is 17.0. The van der Waals surface area contributed by atoms with Crippen LogP contribution >= 0.6 is 117 Å². The molecule has 2 aliphatic rings. The van der Waals surface area contributed by atoms with Gasteiger partial charge in [0.1, 0.15) is 0 Å². The predicted octanol–water partition coefficient (Wildman–Crippen LogP) is 14.8. The number of halogens is 8. The van der Waals surface area contributed by atoms with Crippen LogP contribution in [0.1, 0.15) is 22.8 Å². The van der Waals surface area contributed by atoms with Gasteiger partial charge < -0.3 is 9.97 Å². The summed E-state index contributed by atoms with van der Waals surface area (Å²) >= 11 is 59.2. The van der Waals surface area contributed by atoms with Gasteiger partial charge in [-0.15, -0.1) is 30.7 Å². The second-order valence-electron chi connectivity index (χ2n) is 14.7. The Morgan fingerprint density at radius 2 is 0.644 bits per heavy atom. The van der Waals surface area contributed by atoms with Crippen LogP contribution in [0.5, 0.6) is 0 Å². The molecule has 0 aliphatic carbocycles. The van der Waals surface area contributed by atoms with E-state index in [1.165, 1.54) is 24.3 Å². The Balaban J connectivity index is 0.00000711. The molecular formula is C44H20Cl8MnN4O12S4+. The molecule has 4 N–H and O–H groups in total. The smallest absolute Gasteiger partial charge is 0.654 e. The fourth-order valence-corrected chi connectivity index (χ4v) is 11.1. The Bertz CT molecular complexity index is 3620. The van der Waals surface area contributed by atoms with E-state index < -0.39 is 30.0 Å². The predicted molar refractivity (Wildman–Crippen MR) is 279 cm³/mol. The molecular weight excluding hydrogens is 1240 g/mol. The van der Waals surface area contributed by atoms with Crippen molar-refractivity contribution >= 4 is 179 Å². The molecule has 5 heterocycles. The van der Waals surface area contributed by atoms with Crippen molar-refractivity contribution in [3.63, 3.8) is 0 Å². The summed E-state index contributed by atoms with van der Waals surface area (Å²) < 4.78 is 78.0. The van der Waals surface area contributed by atoms with Gasteiger partial charge in [0.25, 0.3) is 20.2 Å². The summed E-state index contributed by atoms with van der Waals surface area (Å²) in [6, 6.07) is 22.6. The average molecular weight is 1260 g/mol. The summed E-state index contributed by atoms with van der Waals surface area (Å²) in [5.74, 6) is 0. The van der Waals surface area contributed by atoms with Gasteiger partial charge in [-0.1, -0.05) is 151 Å². The van der Waals surface area contributed by atoms with E-state index in [2.05, 4.69) is 18.7 Å². The van der Waals surface area contributed by atoms with Gasteiger partial charge in [-0.25, -0.2) is 20.5 Å². The van der Waals surface area contributed by atoms with Gasteiger partial charge in [0.05, 0.1) is 76.8 Å². The van der Waals surface area contributed by atoms with Gasteiger partial charge in [0, 0.05) is 29.9 Å². The van der Waals surface area contributed by atoms with Gasteiger partial charge in [0.2, 0.25) is 0 Å². The number of rotatable bonds is 12. The van der Waals surface area contributed by atoms with Crippen LogP contribution in [0, 0.1) is 0 Å². The summed E-state index contributed by atoms with van der Waals surface area (Å²) in [4.78, 5) is 20.0. The van der Waals surface area contributed by atoms with Crippen LogP contribution in [0.25, 0.3) is 86.7 Å². The van der Waals surface area contributed by atoms with Crippen LogP contribution in [0.15, 0.2) is 117 Å². The molecule has 8 bridgehead atoms. The molecule has 0 radical (unpaired) electrons. The van der Waals surface area contributed by atoms with E-state index in [-0.39, 0.29) is 136 Å². The van der Waals surface area contributed by atoms with Crippen molar-refractivity contribution in [3.8, 4) is 44.5 Å². The molecule has 0 amide bonds. The third kappa shape index (κ3) is 10.7. The first-order valence-electron chi connectivity index (χ1n) is 19.5. The van der Waals surface area contributed by atoms with Crippen molar-refractivity contribution in [2.24, 2.45) is 0 Å². The van der Waals surface area contributed by atoms with E-state index in [0.717, 1.165) is 24.3 Å². The molecule has 374 valence electrons. The average Bonchev–Trinajstić information content (AvgIpc) is 4.02. The maximum Gasteiger partial charge on any atom is 3.00 e. The molecule has 4 aromatic carbocycles. The van der Waals surface area contributed by atoms with Crippen LogP contribution in [0.3, 0.4) is 0 Å². The molecule has 73 heavy (non-hydrogen) atoms. The number of hydrogen-bond donors (Lipinski definition) is 4. The maximum absolute atomic E-state index is 12.2. The molecule has 0 saturated carbocycles. The van der Waals surface area contributed by atoms with Gasteiger partial charge in [0.15, 0.2) is 0 Å². The quantitative estimate of drug-likeness (QED) is 0.0292. The van der Waals surface area contributed by atoms with Crippen molar-refractivity contribution < 1.29 is 72.3 Å². The van der Waals surface area contributed by atoms with Crippen LogP contribution in [0.4, 0.5) is 0 Å². The molecule has 29 heteroatoms. The van der Waals surface area contributed by atoms with E-state index in [0.29, 0.717) is 45.0 Å². The van der Waals surface area contributed by atoms with Gasteiger partial charge in [-0.05, 0) is 93.0 Å². The first-order valence-corrected chi connectivity index (χ1v) is 26.9. The molecule has 0 saturated heterocycles. The largest absolute Gasteiger partial charge is 3.00 e. The molecule has 0 unspecified atom stereocenters. The summed E-state index contributed by atoms with van der Waals surface area (Å²) in [7, 11) is -9.39. The van der Waals surface area contributed by atoms with E-state index >= 15 is 0 Å². The number of benzene rings is 4. The Morgan fingerprint density at radius 1 is 0.411 bits per heavy atom. The van der Waals surface area contributed by atoms with Crippen LogP contribution in [0.2, 0.25) is 20.1 Å². The Morgan fingerprint density at radius 3 is 0.863 bits per heavy atom. The van der Waals surface area contributed by atoms with E-state index in [1.807, 2.05) is 0 Å². The summed E-state index contributed by atoms with van der Waals surface area (Å²) in [6.45, 7) is 0. The van der Waals surface area contributed by atoms with E-state index in [9.17, 15) is 25.9 Å². The SMILES string of the molecule is O=S(=O)(O)c1ccc(-c2c3nc(c(-c4ccc(SOOO)cc4)c4[n-]c(c(Cl)c4Cl)c(-c4ccc(SOOO)cc4)c4nc(c(-c5ccc(S(=O)(=O)O)cc5)c5[n-]c2c(Cl)c5Cl)C(Cl)=C4Cl)C(Cl)=C3Cl)cc1.[Mn+3]. The fraction of sp³-hybridized carbons (Fsp3) is 0. The summed E-state index contributed by atoms with van der Waals surface area (Å²) in [5, 5.41) is 23.8. The Hall–Kier alpha value is -3.40. The maximum atomic E-state index is 12.2. The first kappa shape index (κ1) is 55.8. The van der Waals surface area contributed by atoms with Gasteiger partial charge in [-0.2, -0.15) is 16.8 Å². The minimum atomic E-state index is -4.70. The van der Waals surface area contributed by atoms with Gasteiger partial charge >= 0.3 is 17.1 Å². The zero-order valence-corrected chi connectivity index (χ0v) is 45.6. The van der Waals surface area contributed by atoms with Crippen molar-refractivity contribution in [2.45, 2.75) is 19.6 Å². The summed E-state index contributed by atoms with van der Waals surface area (Å²) in [6.07, 6.45) is 0. The third-order valence-electron chi connectivity index (χ3n) is 10.7. The van der Waals surface area contributed by atoms with E-state index in [1.54, 1.807) is 48.5 Å². The zero-order chi connectivity index (χ0) is 51.6. The number of hydrogen-bond acceptors (Lipinski definition) is 14. The van der Waals surface area contributed by atoms with Crippen LogP contribution in [-0.2, 0) is 56.0 Å². The number of aromatic nitrogens is 4. The van der Waals surface area contributed by atoms with Gasteiger partial charge in [-0.3, -0.25) is 9.11 Å². The van der Waals surface area contributed by atoms with Crippen molar-refractivity contribution in [1.29, 1.82) is 0 Å². The molecule has 16 nitrogen and oxygen atoms in total. The molecule has 3 aromatic heterocycles. The second-order valence-corrected chi connectivity index (χ2v) is 22.2. The van der Waals surface area contributed by atoms with Crippen LogP contribution in [-0.4, -0.2) is 46.4 Å². The zero-order valence-electron chi connectivity index (χ0n) is 35.1. The van der Waals surface area contributed by atoms with Crippen molar-refractivity contribution in [2.75, 3.05) is 0 Å². The topological polar surface area (TPSA) is 240 Å². The minimum absolute atomic E-state index is 0. The van der Waals surface area contributed by atoms with E-state index in [4.69, 9.17) is 123 Å². The Kier molecular flexibility index (Phi) is 17.0. The fourth-order valence-electron chi connectivity index (χ4n) is 7.59. The van der Waals surface area contributed by atoms with Crippen LogP contribution < -0.4 is 9.97 Å². The normalized spacial score (nSPS) is 13.0. The molecule has 7 aromatic rings. The van der Waals surface area contributed by atoms with Crippen molar-refractivity contribution in [3.05, 3.63) is 140 Å². The Labute approximate surface area is 471 Å². The molecule has 0 spiro atoms. The summed E-state index contributed by atoms with van der Waals surface area (Å²) in [5.41, 5.74) is 0.924. The monoisotopic (exact) mass is 1260 g/mol. The number of nitrogens with zero attached hydrogens (tertiary/aromatic N) is 4. The first-order chi connectivity index (χ1) is 34.2. The molecule has 0 fully saturated rings. The van der Waals surface area contributed by atoms with Crippen molar-refractivity contribution in [1.82, 2.24) is 19.9 Å². The minimum Gasteiger partial charge on any atom is -0.654 e. The molecule has 9 rings (SSSR count). The standard InChI is InChI=1S/C44H20Cl8N4O12S4.Mn/c45-29-30(46)38-26(18-3-11-22(12-4-18)70-68-66-58)40-32(48)34(50)42(55-40)28(20-7-15-24(16-8-20)72(62,63)64)44-36(52)35(51)43(56-44)27(19-5-13-23(14-6-19)71(59,60)61)41-33(49)31(47)39(54-41)25(37(29)53-38)17-1-9-21(10-2-17)69-67-65-57;/h1-16,57-58H,(H,59,60,61)(H,62,63,64);/q-2;+3.